The molecule has 0 aromatic heterocycles. The zero-order valence-corrected chi connectivity index (χ0v) is 5.05. The standard InChI is InChI=1S/C6H11NO/c1-2-3-4-5-7-6-8/h4-6H,2-3H2,1H3,(H,7,8). The first-order chi connectivity index (χ1) is 3.91. The number of hydrogen-bond donors (Lipinski definition) is 1. The molecule has 0 aliphatic carbocycles. The SMILES string of the molecule is CCCC=CNC=O. The van der Waals surface area contributed by atoms with Crippen LogP contribution in [0.1, 0.15) is 19.8 Å². The number of carbonyl (C=O) groups excluding carboxylic acids is 1. The largest absolute Gasteiger partial charge is 0.336 e. The molecule has 0 aliphatic rings. The van der Waals surface area contributed by atoms with Crippen molar-refractivity contribution in [1.82, 2.24) is 5.32 Å². The molecule has 0 atom stereocenters. The van der Waals surface area contributed by atoms with Crippen LogP contribution in [-0.2, 0) is 4.79 Å². The minimum Gasteiger partial charge on any atom is -0.336 e. The van der Waals surface area contributed by atoms with Crippen LogP contribution < -0.4 is 5.32 Å². The second-order valence-electron chi connectivity index (χ2n) is 1.48. The van der Waals surface area contributed by atoms with Crippen molar-refractivity contribution >= 4 is 6.41 Å². The van der Waals surface area contributed by atoms with Gasteiger partial charge in [-0.3, -0.25) is 4.79 Å². The van der Waals surface area contributed by atoms with E-state index in [0.717, 1.165) is 12.8 Å². The molecule has 0 radical (unpaired) electrons. The van der Waals surface area contributed by atoms with Crippen molar-refractivity contribution in [1.29, 1.82) is 0 Å². The van der Waals surface area contributed by atoms with E-state index in [1.165, 1.54) is 0 Å². The van der Waals surface area contributed by atoms with Crippen LogP contribution in [0.4, 0.5) is 0 Å². The lowest BCUT2D eigenvalue weighted by molar-refractivity contribution is -0.108. The monoisotopic (exact) mass is 113 g/mol. The third-order valence-corrected chi connectivity index (χ3v) is 0.737. The number of rotatable bonds is 4. The van der Waals surface area contributed by atoms with E-state index in [2.05, 4.69) is 12.2 Å². The highest BCUT2D eigenvalue weighted by atomic mass is 16.1. The summed E-state index contributed by atoms with van der Waals surface area (Å²) in [6, 6.07) is 0. The van der Waals surface area contributed by atoms with Crippen LogP contribution in [-0.4, -0.2) is 6.41 Å². The summed E-state index contributed by atoms with van der Waals surface area (Å²) in [6.45, 7) is 2.09. The van der Waals surface area contributed by atoms with Crippen LogP contribution >= 0.6 is 0 Å². The minimum atomic E-state index is 0.659. The molecule has 0 rings (SSSR count). The molecule has 0 heterocycles. The average Bonchev–Trinajstić information content (AvgIpc) is 1.81. The highest BCUT2D eigenvalue weighted by molar-refractivity contribution is 5.47. The van der Waals surface area contributed by atoms with Gasteiger partial charge in [-0.25, -0.2) is 0 Å². The third-order valence-electron chi connectivity index (χ3n) is 0.737. The predicted octanol–water partition coefficient (Wildman–Crippen LogP) is 1.05. The number of hydrogen-bond acceptors (Lipinski definition) is 1. The second kappa shape index (κ2) is 6.21. The van der Waals surface area contributed by atoms with E-state index in [1.54, 1.807) is 6.20 Å². The minimum absolute atomic E-state index is 0.659. The van der Waals surface area contributed by atoms with Crippen LogP contribution in [0.25, 0.3) is 0 Å². The Bertz CT molecular complexity index is 78.6. The fraction of sp³-hybridized carbons (Fsp3) is 0.500. The summed E-state index contributed by atoms with van der Waals surface area (Å²) in [5, 5.41) is 2.42. The molecule has 0 aromatic carbocycles. The topological polar surface area (TPSA) is 29.1 Å². The van der Waals surface area contributed by atoms with Gasteiger partial charge >= 0.3 is 0 Å². The molecule has 0 unspecified atom stereocenters. The molecule has 0 aliphatic heterocycles. The summed E-state index contributed by atoms with van der Waals surface area (Å²) in [5.74, 6) is 0. The maximum Gasteiger partial charge on any atom is 0.211 e. The molecule has 2 heteroatoms. The molecule has 0 saturated carbocycles. The first kappa shape index (κ1) is 7.21. The Morgan fingerprint density at radius 1 is 1.62 bits per heavy atom. The number of unbranched alkanes of at least 4 members (excludes halogenated alkanes) is 1. The van der Waals surface area contributed by atoms with Gasteiger partial charge in [-0.1, -0.05) is 19.4 Å². The molecule has 0 aromatic rings. The number of amides is 1. The molecule has 0 spiro atoms. The molecule has 1 N–H and O–H groups in total. The summed E-state index contributed by atoms with van der Waals surface area (Å²) in [5.41, 5.74) is 0. The smallest absolute Gasteiger partial charge is 0.211 e. The fourth-order valence-corrected chi connectivity index (χ4v) is 0.357. The van der Waals surface area contributed by atoms with Gasteiger partial charge in [0.2, 0.25) is 6.41 Å². The quantitative estimate of drug-likeness (QED) is 0.542. The third kappa shape index (κ3) is 5.21. The molecule has 46 valence electrons. The lowest BCUT2D eigenvalue weighted by atomic mass is 10.3. The second-order valence-corrected chi connectivity index (χ2v) is 1.48. The van der Waals surface area contributed by atoms with E-state index in [-0.39, 0.29) is 0 Å². The number of allylic oxidation sites excluding steroid dienone is 1. The fourth-order valence-electron chi connectivity index (χ4n) is 0.357. The molecule has 2 nitrogen and oxygen atoms in total. The zero-order chi connectivity index (χ0) is 6.24. The average molecular weight is 113 g/mol. The Labute approximate surface area is 49.6 Å². The lowest BCUT2D eigenvalue weighted by Crippen LogP contribution is -1.97. The Balaban J connectivity index is 2.94. The van der Waals surface area contributed by atoms with E-state index in [0.29, 0.717) is 6.41 Å². The molecule has 0 saturated heterocycles. The van der Waals surface area contributed by atoms with Crippen molar-refractivity contribution in [3.05, 3.63) is 12.3 Å². The lowest BCUT2D eigenvalue weighted by Gasteiger charge is -1.82. The van der Waals surface area contributed by atoms with Gasteiger partial charge in [0.05, 0.1) is 0 Å². The highest BCUT2D eigenvalue weighted by Crippen LogP contribution is 1.84. The van der Waals surface area contributed by atoms with E-state index in [4.69, 9.17) is 0 Å². The van der Waals surface area contributed by atoms with Gasteiger partial charge < -0.3 is 5.32 Å². The molecular formula is C6H11NO. The summed E-state index contributed by atoms with van der Waals surface area (Å²) < 4.78 is 0. The predicted molar refractivity (Wildman–Crippen MR) is 33.2 cm³/mol. The van der Waals surface area contributed by atoms with E-state index >= 15 is 0 Å². The van der Waals surface area contributed by atoms with Crippen LogP contribution in [0.2, 0.25) is 0 Å². The van der Waals surface area contributed by atoms with Gasteiger partial charge in [-0.15, -0.1) is 0 Å². The van der Waals surface area contributed by atoms with Crippen molar-refractivity contribution in [2.75, 3.05) is 0 Å². The van der Waals surface area contributed by atoms with E-state index in [9.17, 15) is 4.79 Å². The van der Waals surface area contributed by atoms with Crippen molar-refractivity contribution in [2.45, 2.75) is 19.8 Å². The van der Waals surface area contributed by atoms with Gasteiger partial charge in [0.1, 0.15) is 0 Å². The Hall–Kier alpha value is -0.790. The summed E-state index contributed by atoms with van der Waals surface area (Å²) in [6.07, 6.45) is 6.38. The summed E-state index contributed by atoms with van der Waals surface area (Å²) in [4.78, 5) is 9.61. The molecule has 8 heavy (non-hydrogen) atoms. The van der Waals surface area contributed by atoms with Crippen LogP contribution in [0.5, 0.6) is 0 Å². The van der Waals surface area contributed by atoms with E-state index < -0.39 is 0 Å². The Morgan fingerprint density at radius 3 is 2.88 bits per heavy atom. The summed E-state index contributed by atoms with van der Waals surface area (Å²) >= 11 is 0. The normalized spacial score (nSPS) is 9.62. The van der Waals surface area contributed by atoms with Crippen LogP contribution in [0.3, 0.4) is 0 Å². The zero-order valence-electron chi connectivity index (χ0n) is 5.05. The van der Waals surface area contributed by atoms with Gasteiger partial charge in [0.15, 0.2) is 0 Å². The van der Waals surface area contributed by atoms with Crippen molar-refractivity contribution in [3.63, 3.8) is 0 Å². The van der Waals surface area contributed by atoms with Crippen molar-refractivity contribution in [3.8, 4) is 0 Å². The Kier molecular flexibility index (Phi) is 5.60. The Morgan fingerprint density at radius 2 is 2.38 bits per heavy atom. The maximum atomic E-state index is 9.61. The van der Waals surface area contributed by atoms with Gasteiger partial charge in [-0.05, 0) is 12.6 Å². The summed E-state index contributed by atoms with van der Waals surface area (Å²) in [7, 11) is 0. The highest BCUT2D eigenvalue weighted by Gasteiger charge is 1.69. The van der Waals surface area contributed by atoms with Crippen LogP contribution in [0, 0.1) is 0 Å². The first-order valence-corrected chi connectivity index (χ1v) is 2.76. The van der Waals surface area contributed by atoms with Gasteiger partial charge in [-0.2, -0.15) is 0 Å². The van der Waals surface area contributed by atoms with Crippen molar-refractivity contribution < 1.29 is 4.79 Å². The van der Waals surface area contributed by atoms with Gasteiger partial charge in [0.25, 0.3) is 0 Å². The molecule has 0 fully saturated rings. The van der Waals surface area contributed by atoms with E-state index in [1.807, 2.05) is 6.08 Å². The number of nitrogens with one attached hydrogen (secondary N) is 1. The molecule has 1 amide bonds. The molecule has 0 bridgehead atoms. The number of carbonyl (C=O) groups is 1. The van der Waals surface area contributed by atoms with Crippen molar-refractivity contribution in [2.24, 2.45) is 0 Å². The molecular weight excluding hydrogens is 102 g/mol. The van der Waals surface area contributed by atoms with Crippen LogP contribution in [0.15, 0.2) is 12.3 Å². The maximum absolute atomic E-state index is 9.61. The van der Waals surface area contributed by atoms with Gasteiger partial charge in [0, 0.05) is 0 Å². The first-order valence-electron chi connectivity index (χ1n) is 2.76.